The fourth-order valence-corrected chi connectivity index (χ4v) is 7.63. The number of nitrogens with zero attached hydrogens (tertiary/aromatic N) is 2. The molecule has 48 heavy (non-hydrogen) atoms. The summed E-state index contributed by atoms with van der Waals surface area (Å²) in [4.78, 5) is 55.0. The Kier molecular flexibility index (Phi) is 10.7. The molecule has 2 saturated heterocycles. The molecule has 14 heteroatoms. The van der Waals surface area contributed by atoms with Gasteiger partial charge in [0.1, 0.15) is 23.2 Å². The van der Waals surface area contributed by atoms with E-state index in [-0.39, 0.29) is 37.0 Å². The van der Waals surface area contributed by atoms with Crippen molar-refractivity contribution in [1.29, 1.82) is 0 Å². The molecule has 6 rings (SSSR count). The van der Waals surface area contributed by atoms with Gasteiger partial charge in [0.05, 0.1) is 18.3 Å². The number of hydrazine groups is 3. The number of carbonyl (C=O) groups is 4. The van der Waals surface area contributed by atoms with Gasteiger partial charge in [0.15, 0.2) is 0 Å². The lowest BCUT2D eigenvalue weighted by molar-refractivity contribution is -0.145. The minimum absolute atomic E-state index is 0.0205. The zero-order chi connectivity index (χ0) is 34.1. The second-order valence-electron chi connectivity index (χ2n) is 15.8. The standard InChI is InChI=1S/C34H55N7O7/c1-33(2,3)48-32(46)35-26-10-8-6-4-5-7-9-23-18-34(23,31(44)45)36-29(42)27-17-24(19-40(27)30(26)43)41-38-28(37-39-41)22-13-15-25(16-14-22)47-20-21-11-12-21/h7,9,21-28,37-39H,4-6,8,10-20H2,1-3H3,(H,35,46)(H,36,42)(H,44,45)/b9-7-/t22?,23-,24-,25?,26+,27+,28?,34-/m1/s1. The second-order valence-corrected chi connectivity index (χ2v) is 15.8. The van der Waals surface area contributed by atoms with Crippen molar-refractivity contribution < 1.29 is 33.8 Å². The molecule has 0 aromatic heterocycles. The number of carboxylic acids is 1. The van der Waals surface area contributed by atoms with Gasteiger partial charge in [0.25, 0.3) is 0 Å². The summed E-state index contributed by atoms with van der Waals surface area (Å²) in [5, 5.41) is 17.6. The molecule has 6 aliphatic rings. The van der Waals surface area contributed by atoms with E-state index < -0.39 is 41.2 Å². The van der Waals surface area contributed by atoms with E-state index in [1.54, 1.807) is 20.8 Å². The first-order valence-corrected chi connectivity index (χ1v) is 18.1. The number of rotatable bonds is 7. The number of fused-ring (bicyclic) bond motifs is 2. The van der Waals surface area contributed by atoms with E-state index in [1.165, 1.54) is 17.7 Å². The van der Waals surface area contributed by atoms with Crippen LogP contribution in [0.3, 0.4) is 0 Å². The van der Waals surface area contributed by atoms with Crippen molar-refractivity contribution in [3.05, 3.63) is 12.2 Å². The zero-order valence-electron chi connectivity index (χ0n) is 28.7. The number of hydrogen-bond acceptors (Lipinski definition) is 10. The Morgan fingerprint density at radius 2 is 1.83 bits per heavy atom. The van der Waals surface area contributed by atoms with Gasteiger partial charge in [-0.25, -0.2) is 20.4 Å². The normalized spacial score (nSPS) is 37.4. The Bertz CT molecular complexity index is 1230. The highest BCUT2D eigenvalue weighted by Crippen LogP contribution is 2.45. The van der Waals surface area contributed by atoms with Crippen molar-refractivity contribution in [3.63, 3.8) is 0 Å². The van der Waals surface area contributed by atoms with Crippen molar-refractivity contribution >= 4 is 23.9 Å². The van der Waals surface area contributed by atoms with Gasteiger partial charge in [-0.05, 0) is 103 Å². The lowest BCUT2D eigenvalue weighted by atomic mass is 9.85. The largest absolute Gasteiger partial charge is 0.479 e. The first-order chi connectivity index (χ1) is 22.9. The first-order valence-electron chi connectivity index (χ1n) is 18.1. The van der Waals surface area contributed by atoms with Crippen LogP contribution < -0.4 is 27.0 Å². The zero-order valence-corrected chi connectivity index (χ0v) is 28.7. The number of nitrogens with one attached hydrogen (secondary N) is 5. The number of alkyl carbamates (subject to hydrolysis) is 1. The Hall–Kier alpha value is -2.78. The van der Waals surface area contributed by atoms with E-state index in [9.17, 15) is 24.3 Å². The van der Waals surface area contributed by atoms with Crippen LogP contribution in [0.1, 0.15) is 104 Å². The topological polar surface area (TPSA) is 174 Å². The molecule has 0 aromatic rings. The molecule has 14 nitrogen and oxygen atoms in total. The van der Waals surface area contributed by atoms with E-state index >= 15 is 0 Å². The van der Waals surface area contributed by atoms with E-state index in [0.29, 0.717) is 31.3 Å². The van der Waals surface area contributed by atoms with E-state index in [0.717, 1.165) is 57.5 Å². The molecular formula is C34H55N7O7. The summed E-state index contributed by atoms with van der Waals surface area (Å²) in [6.07, 6.45) is 14.4. The Morgan fingerprint density at radius 1 is 1.06 bits per heavy atom. The van der Waals surface area contributed by atoms with Gasteiger partial charge in [0, 0.05) is 19.1 Å². The average molecular weight is 674 g/mol. The highest BCUT2D eigenvalue weighted by Gasteiger charge is 2.61. The third-order valence-electron chi connectivity index (χ3n) is 10.8. The minimum atomic E-state index is -1.38. The number of ether oxygens (including phenoxy) is 2. The van der Waals surface area contributed by atoms with Gasteiger partial charge < -0.3 is 30.1 Å². The van der Waals surface area contributed by atoms with Crippen LogP contribution in [0, 0.1) is 17.8 Å². The molecule has 0 radical (unpaired) electrons. The van der Waals surface area contributed by atoms with Crippen molar-refractivity contribution in [2.45, 2.75) is 146 Å². The quantitative estimate of drug-likeness (QED) is 0.219. The maximum atomic E-state index is 14.3. The molecule has 3 saturated carbocycles. The molecule has 3 aliphatic heterocycles. The Morgan fingerprint density at radius 3 is 2.54 bits per heavy atom. The molecule has 6 atom stereocenters. The maximum absolute atomic E-state index is 14.3. The van der Waals surface area contributed by atoms with E-state index in [1.807, 2.05) is 17.3 Å². The molecule has 3 aliphatic carbocycles. The Labute approximate surface area is 283 Å². The molecule has 3 heterocycles. The van der Waals surface area contributed by atoms with Crippen LogP contribution >= 0.6 is 0 Å². The van der Waals surface area contributed by atoms with Crippen LogP contribution in [0.15, 0.2) is 12.2 Å². The number of hydrogen-bond donors (Lipinski definition) is 6. The van der Waals surface area contributed by atoms with Crippen molar-refractivity contribution in [2.75, 3.05) is 13.2 Å². The number of carboxylic acid groups (broad SMARTS) is 1. The van der Waals surface area contributed by atoms with E-state index in [4.69, 9.17) is 9.47 Å². The van der Waals surface area contributed by atoms with Crippen LogP contribution in [0.25, 0.3) is 0 Å². The fourth-order valence-electron chi connectivity index (χ4n) is 7.63. The van der Waals surface area contributed by atoms with Gasteiger partial charge in [0.2, 0.25) is 11.8 Å². The van der Waals surface area contributed by atoms with Crippen molar-refractivity contribution in [3.8, 4) is 0 Å². The predicted molar refractivity (Wildman–Crippen MR) is 175 cm³/mol. The summed E-state index contributed by atoms with van der Waals surface area (Å²) in [7, 11) is 0. The van der Waals surface area contributed by atoms with Crippen LogP contribution in [-0.4, -0.2) is 93.7 Å². The third kappa shape index (κ3) is 8.50. The van der Waals surface area contributed by atoms with Crippen LogP contribution in [0.5, 0.6) is 0 Å². The summed E-state index contributed by atoms with van der Waals surface area (Å²) in [5.41, 5.74) is 8.01. The summed E-state index contributed by atoms with van der Waals surface area (Å²) in [6.45, 7) is 6.38. The smallest absolute Gasteiger partial charge is 0.408 e. The average Bonchev–Trinajstić information content (AvgIpc) is 3.87. The Balaban J connectivity index is 1.15. The lowest BCUT2D eigenvalue weighted by Gasteiger charge is -2.32. The predicted octanol–water partition coefficient (Wildman–Crippen LogP) is 2.47. The highest BCUT2D eigenvalue weighted by molar-refractivity contribution is 5.96. The fraction of sp³-hybridized carbons (Fsp3) is 0.824. The lowest BCUT2D eigenvalue weighted by Crippen LogP contribution is -2.56. The number of carbonyl (C=O) groups excluding carboxylic acids is 3. The number of aliphatic carboxylic acids is 1. The number of amides is 3. The first kappa shape index (κ1) is 35.1. The van der Waals surface area contributed by atoms with E-state index in [2.05, 4.69) is 27.0 Å². The SMILES string of the molecule is CC(C)(C)OC(=O)N[C@H]1CCCCC/C=C\[C@@H]2C[C@@]2(C(=O)O)NC(=O)[C@@H]2C[C@@H](N3NNC(C4CCC(OCC5CC5)CC4)N3)CN2C1=O. The number of allylic oxidation sites excluding steroid dienone is 1. The minimum Gasteiger partial charge on any atom is -0.479 e. The molecule has 5 fully saturated rings. The van der Waals surface area contributed by atoms with Crippen molar-refractivity contribution in [2.24, 2.45) is 17.8 Å². The summed E-state index contributed by atoms with van der Waals surface area (Å²) in [6, 6.07) is -2.10. The van der Waals surface area contributed by atoms with Crippen LogP contribution in [-0.2, 0) is 23.9 Å². The molecule has 0 bridgehead atoms. The third-order valence-corrected chi connectivity index (χ3v) is 10.8. The van der Waals surface area contributed by atoms with Gasteiger partial charge in [-0.3, -0.25) is 9.59 Å². The summed E-state index contributed by atoms with van der Waals surface area (Å²) < 4.78 is 11.6. The van der Waals surface area contributed by atoms with Gasteiger partial charge in [-0.15, -0.1) is 0 Å². The second kappa shape index (κ2) is 14.6. The maximum Gasteiger partial charge on any atom is 0.408 e. The highest BCUT2D eigenvalue weighted by atomic mass is 16.6. The molecule has 0 aromatic carbocycles. The van der Waals surface area contributed by atoms with Crippen LogP contribution in [0.4, 0.5) is 4.79 Å². The molecular weight excluding hydrogens is 618 g/mol. The summed E-state index contributed by atoms with van der Waals surface area (Å²) >= 11 is 0. The monoisotopic (exact) mass is 673 g/mol. The van der Waals surface area contributed by atoms with Gasteiger partial charge in [-0.1, -0.05) is 25.0 Å². The summed E-state index contributed by atoms with van der Waals surface area (Å²) in [5.74, 6) is -1.10. The van der Waals surface area contributed by atoms with Crippen LogP contribution in [0.2, 0.25) is 0 Å². The molecule has 3 amide bonds. The van der Waals surface area contributed by atoms with Gasteiger partial charge >= 0.3 is 12.1 Å². The molecule has 6 N–H and O–H groups in total. The molecule has 1 unspecified atom stereocenters. The van der Waals surface area contributed by atoms with Crippen molar-refractivity contribution in [1.82, 2.24) is 37.0 Å². The van der Waals surface area contributed by atoms with Gasteiger partial charge in [-0.2, -0.15) is 10.7 Å². The molecule has 268 valence electrons. The molecule has 0 spiro atoms.